The highest BCUT2D eigenvalue weighted by atomic mass is 79.9. The van der Waals surface area contributed by atoms with Crippen molar-refractivity contribution in [1.29, 1.82) is 0 Å². The molecule has 78 valence electrons. The Morgan fingerprint density at radius 3 is 2.29 bits per heavy atom. The maximum atomic E-state index is 5.40. The maximum absolute atomic E-state index is 5.40. The van der Waals surface area contributed by atoms with E-state index in [4.69, 9.17) is 9.47 Å². The van der Waals surface area contributed by atoms with Crippen LogP contribution in [0.3, 0.4) is 0 Å². The lowest BCUT2D eigenvalue weighted by Crippen LogP contribution is -2.01. The first-order chi connectivity index (χ1) is 6.72. The van der Waals surface area contributed by atoms with Crippen molar-refractivity contribution in [3.63, 3.8) is 0 Å². The van der Waals surface area contributed by atoms with Gasteiger partial charge in [0.05, 0.1) is 19.8 Å². The van der Waals surface area contributed by atoms with Crippen LogP contribution in [0.5, 0.6) is 0 Å². The molecule has 4 heteroatoms. The summed E-state index contributed by atoms with van der Waals surface area (Å²) in [6, 6.07) is 6.08. The van der Waals surface area contributed by atoms with Crippen molar-refractivity contribution in [3.8, 4) is 0 Å². The number of halogens is 2. The fourth-order valence-electron chi connectivity index (χ4n) is 1.03. The molecule has 0 bridgehead atoms. The fourth-order valence-corrected chi connectivity index (χ4v) is 2.42. The van der Waals surface area contributed by atoms with Crippen LogP contribution in [0.2, 0.25) is 0 Å². The van der Waals surface area contributed by atoms with Gasteiger partial charge in [0.15, 0.2) is 0 Å². The van der Waals surface area contributed by atoms with Crippen LogP contribution in [0.25, 0.3) is 0 Å². The molecule has 0 spiro atoms. The van der Waals surface area contributed by atoms with Crippen molar-refractivity contribution in [2.45, 2.75) is 6.61 Å². The molecule has 0 aliphatic carbocycles. The predicted molar refractivity (Wildman–Crippen MR) is 63.4 cm³/mol. The second-order valence-corrected chi connectivity index (χ2v) is 4.65. The van der Waals surface area contributed by atoms with E-state index in [1.165, 1.54) is 0 Å². The second-order valence-electron chi connectivity index (χ2n) is 2.82. The molecule has 1 aromatic carbocycles. The Balaban J connectivity index is 2.42. The summed E-state index contributed by atoms with van der Waals surface area (Å²) in [6.45, 7) is 1.87. The zero-order chi connectivity index (χ0) is 10.4. The number of methoxy groups -OCH3 is 1. The molecular formula is C10H12Br2O2. The monoisotopic (exact) mass is 322 g/mol. The third-order valence-electron chi connectivity index (χ3n) is 1.62. The SMILES string of the molecule is COCCOCc1cc(Br)cc(Br)c1. The van der Waals surface area contributed by atoms with Gasteiger partial charge in [-0.05, 0) is 23.8 Å². The number of hydrogen-bond acceptors (Lipinski definition) is 2. The van der Waals surface area contributed by atoms with Gasteiger partial charge in [0.25, 0.3) is 0 Å². The smallest absolute Gasteiger partial charge is 0.0718 e. The molecule has 0 heterocycles. The summed E-state index contributed by atoms with van der Waals surface area (Å²) in [5, 5.41) is 0. The van der Waals surface area contributed by atoms with Crippen molar-refractivity contribution in [1.82, 2.24) is 0 Å². The Labute approximate surface area is 101 Å². The van der Waals surface area contributed by atoms with E-state index in [1.54, 1.807) is 7.11 Å². The van der Waals surface area contributed by atoms with E-state index < -0.39 is 0 Å². The number of hydrogen-bond donors (Lipinski definition) is 0. The van der Waals surface area contributed by atoms with Crippen molar-refractivity contribution in [2.24, 2.45) is 0 Å². The van der Waals surface area contributed by atoms with E-state index in [0.717, 1.165) is 14.5 Å². The molecule has 0 saturated heterocycles. The first kappa shape index (κ1) is 12.2. The largest absolute Gasteiger partial charge is 0.382 e. The lowest BCUT2D eigenvalue weighted by atomic mass is 10.2. The fraction of sp³-hybridized carbons (Fsp3) is 0.400. The number of benzene rings is 1. The highest BCUT2D eigenvalue weighted by Crippen LogP contribution is 2.20. The normalized spacial score (nSPS) is 10.5. The topological polar surface area (TPSA) is 18.5 Å². The average molecular weight is 324 g/mol. The molecule has 0 fully saturated rings. The van der Waals surface area contributed by atoms with E-state index in [1.807, 2.05) is 18.2 Å². The molecule has 0 saturated carbocycles. The van der Waals surface area contributed by atoms with Gasteiger partial charge >= 0.3 is 0 Å². The number of rotatable bonds is 5. The Kier molecular flexibility index (Phi) is 5.70. The molecule has 0 aliphatic heterocycles. The van der Waals surface area contributed by atoms with Crippen LogP contribution in [0.15, 0.2) is 27.1 Å². The third-order valence-corrected chi connectivity index (χ3v) is 2.54. The second kappa shape index (κ2) is 6.56. The molecule has 0 amide bonds. The lowest BCUT2D eigenvalue weighted by Gasteiger charge is -2.04. The quantitative estimate of drug-likeness (QED) is 0.773. The van der Waals surface area contributed by atoms with Crippen LogP contribution in [0.1, 0.15) is 5.56 Å². The Hall–Kier alpha value is 0.1000. The van der Waals surface area contributed by atoms with E-state index >= 15 is 0 Å². The van der Waals surface area contributed by atoms with E-state index in [9.17, 15) is 0 Å². The molecule has 1 aromatic rings. The van der Waals surface area contributed by atoms with Crippen molar-refractivity contribution in [2.75, 3.05) is 20.3 Å². The van der Waals surface area contributed by atoms with Gasteiger partial charge in [0.2, 0.25) is 0 Å². The van der Waals surface area contributed by atoms with Gasteiger partial charge in [0, 0.05) is 16.1 Å². The molecule has 0 aromatic heterocycles. The average Bonchev–Trinajstić information content (AvgIpc) is 2.11. The summed E-state index contributed by atoms with van der Waals surface area (Å²) in [7, 11) is 1.67. The van der Waals surface area contributed by atoms with E-state index in [2.05, 4.69) is 31.9 Å². The third kappa shape index (κ3) is 4.55. The molecule has 2 nitrogen and oxygen atoms in total. The number of ether oxygens (including phenoxy) is 2. The van der Waals surface area contributed by atoms with Gasteiger partial charge in [-0.3, -0.25) is 0 Å². The molecule has 0 unspecified atom stereocenters. The molecule has 0 atom stereocenters. The summed E-state index contributed by atoms with van der Waals surface area (Å²) >= 11 is 6.85. The van der Waals surface area contributed by atoms with Crippen LogP contribution in [0.4, 0.5) is 0 Å². The van der Waals surface area contributed by atoms with Crippen LogP contribution in [0, 0.1) is 0 Å². The lowest BCUT2D eigenvalue weighted by molar-refractivity contribution is 0.0616. The highest BCUT2D eigenvalue weighted by molar-refractivity contribution is 9.11. The van der Waals surface area contributed by atoms with Gasteiger partial charge in [-0.2, -0.15) is 0 Å². The van der Waals surface area contributed by atoms with Crippen molar-refractivity contribution < 1.29 is 9.47 Å². The van der Waals surface area contributed by atoms with Gasteiger partial charge in [-0.1, -0.05) is 31.9 Å². The minimum atomic E-state index is 0.612. The molecule has 0 radical (unpaired) electrons. The highest BCUT2D eigenvalue weighted by Gasteiger charge is 1.97. The van der Waals surface area contributed by atoms with Crippen LogP contribution < -0.4 is 0 Å². The predicted octanol–water partition coefficient (Wildman–Crippen LogP) is 3.37. The summed E-state index contributed by atoms with van der Waals surface area (Å²) in [5.41, 5.74) is 1.14. The Morgan fingerprint density at radius 1 is 1.07 bits per heavy atom. The summed E-state index contributed by atoms with van der Waals surface area (Å²) in [6.07, 6.45) is 0. The van der Waals surface area contributed by atoms with Crippen LogP contribution in [-0.2, 0) is 16.1 Å². The zero-order valence-electron chi connectivity index (χ0n) is 7.93. The first-order valence-corrected chi connectivity index (χ1v) is 5.82. The summed E-state index contributed by atoms with van der Waals surface area (Å²) in [5.74, 6) is 0. The van der Waals surface area contributed by atoms with E-state index in [-0.39, 0.29) is 0 Å². The Morgan fingerprint density at radius 2 is 1.71 bits per heavy atom. The molecule has 14 heavy (non-hydrogen) atoms. The minimum Gasteiger partial charge on any atom is -0.382 e. The van der Waals surface area contributed by atoms with Gasteiger partial charge < -0.3 is 9.47 Å². The minimum absolute atomic E-state index is 0.612. The molecular weight excluding hydrogens is 312 g/mol. The standard InChI is InChI=1S/C10H12Br2O2/c1-13-2-3-14-7-8-4-9(11)6-10(12)5-8/h4-6H,2-3,7H2,1H3. The van der Waals surface area contributed by atoms with Crippen LogP contribution in [-0.4, -0.2) is 20.3 Å². The first-order valence-electron chi connectivity index (χ1n) is 4.24. The molecule has 1 rings (SSSR count). The van der Waals surface area contributed by atoms with Gasteiger partial charge in [-0.25, -0.2) is 0 Å². The van der Waals surface area contributed by atoms with Crippen LogP contribution >= 0.6 is 31.9 Å². The van der Waals surface area contributed by atoms with Gasteiger partial charge in [-0.15, -0.1) is 0 Å². The zero-order valence-corrected chi connectivity index (χ0v) is 11.1. The maximum Gasteiger partial charge on any atom is 0.0718 e. The van der Waals surface area contributed by atoms with E-state index in [0.29, 0.717) is 19.8 Å². The summed E-state index contributed by atoms with van der Waals surface area (Å²) < 4.78 is 12.4. The van der Waals surface area contributed by atoms with Gasteiger partial charge in [0.1, 0.15) is 0 Å². The summed E-state index contributed by atoms with van der Waals surface area (Å²) in [4.78, 5) is 0. The van der Waals surface area contributed by atoms with Crippen molar-refractivity contribution in [3.05, 3.63) is 32.7 Å². The Bertz CT molecular complexity index is 269. The molecule has 0 N–H and O–H groups in total. The molecule has 0 aliphatic rings. The van der Waals surface area contributed by atoms with Crippen molar-refractivity contribution >= 4 is 31.9 Å².